The number of aromatic nitrogens is 2. The lowest BCUT2D eigenvalue weighted by Crippen LogP contribution is -2.29. The predicted molar refractivity (Wildman–Crippen MR) is 91.9 cm³/mol. The van der Waals surface area contributed by atoms with Crippen LogP contribution in [-0.2, 0) is 6.42 Å². The van der Waals surface area contributed by atoms with Gasteiger partial charge in [-0.1, -0.05) is 48.1 Å². The second-order valence-corrected chi connectivity index (χ2v) is 6.04. The Bertz CT molecular complexity index is 665. The van der Waals surface area contributed by atoms with Crippen molar-refractivity contribution >= 4 is 40.7 Å². The molecule has 0 aliphatic heterocycles. The highest BCUT2D eigenvalue weighted by atomic mass is 35.5. The van der Waals surface area contributed by atoms with Crippen LogP contribution >= 0.6 is 34.8 Å². The first-order chi connectivity index (χ1) is 11.0. The number of nitrogens with one attached hydrogen (secondary N) is 2. The standard InChI is InChI=1S/C15H16Cl3N3O2/c1-2-3-10-8-20-14(21-10)15(22)19-4-5-23-13-11(17)6-9(16)7-12(13)18/h6-8H,2-5H2,1H3,(H,19,22)(H,20,21). The van der Waals surface area contributed by atoms with E-state index in [1.807, 2.05) is 0 Å². The molecule has 1 amide bonds. The number of rotatable bonds is 7. The van der Waals surface area contributed by atoms with Crippen molar-refractivity contribution in [3.63, 3.8) is 0 Å². The van der Waals surface area contributed by atoms with Crippen LogP contribution in [0.15, 0.2) is 18.3 Å². The van der Waals surface area contributed by atoms with Gasteiger partial charge in [0.15, 0.2) is 11.6 Å². The van der Waals surface area contributed by atoms with Crippen LogP contribution < -0.4 is 10.1 Å². The number of carbonyl (C=O) groups excluding carboxylic acids is 1. The van der Waals surface area contributed by atoms with Gasteiger partial charge in [0.2, 0.25) is 0 Å². The second-order valence-electron chi connectivity index (χ2n) is 4.79. The summed E-state index contributed by atoms with van der Waals surface area (Å²) in [5.74, 6) is 0.343. The molecule has 0 fully saturated rings. The topological polar surface area (TPSA) is 67.0 Å². The van der Waals surface area contributed by atoms with Crippen LogP contribution in [0.25, 0.3) is 0 Å². The average Bonchev–Trinajstić information content (AvgIpc) is 2.94. The number of carbonyl (C=O) groups is 1. The maximum atomic E-state index is 11.9. The quantitative estimate of drug-likeness (QED) is 0.714. The van der Waals surface area contributed by atoms with E-state index in [1.54, 1.807) is 18.3 Å². The van der Waals surface area contributed by atoms with E-state index in [-0.39, 0.29) is 24.9 Å². The van der Waals surface area contributed by atoms with Crippen LogP contribution in [0.1, 0.15) is 29.7 Å². The molecule has 1 aromatic carbocycles. The first kappa shape index (κ1) is 17.9. The zero-order valence-electron chi connectivity index (χ0n) is 12.5. The largest absolute Gasteiger partial charge is 0.489 e. The summed E-state index contributed by atoms with van der Waals surface area (Å²) < 4.78 is 5.48. The number of imidazole rings is 1. The number of benzene rings is 1. The average molecular weight is 377 g/mol. The van der Waals surface area contributed by atoms with Gasteiger partial charge in [0.1, 0.15) is 6.61 Å². The zero-order chi connectivity index (χ0) is 16.8. The number of halogens is 3. The predicted octanol–water partition coefficient (Wildman–Crippen LogP) is 4.13. The van der Waals surface area contributed by atoms with E-state index in [9.17, 15) is 4.79 Å². The molecular weight excluding hydrogens is 361 g/mol. The van der Waals surface area contributed by atoms with Crippen LogP contribution in [-0.4, -0.2) is 29.0 Å². The molecule has 5 nitrogen and oxygen atoms in total. The maximum absolute atomic E-state index is 11.9. The minimum atomic E-state index is -0.288. The number of nitrogens with zero attached hydrogens (tertiary/aromatic N) is 1. The number of hydrogen-bond acceptors (Lipinski definition) is 3. The van der Waals surface area contributed by atoms with Gasteiger partial charge < -0.3 is 15.0 Å². The Hall–Kier alpha value is -1.43. The molecule has 0 bridgehead atoms. The van der Waals surface area contributed by atoms with Crippen LogP contribution in [0.3, 0.4) is 0 Å². The summed E-state index contributed by atoms with van der Waals surface area (Å²) in [6.07, 6.45) is 3.55. The molecule has 0 saturated carbocycles. The minimum absolute atomic E-state index is 0.218. The number of hydrogen-bond donors (Lipinski definition) is 2. The van der Waals surface area contributed by atoms with Gasteiger partial charge >= 0.3 is 0 Å². The van der Waals surface area contributed by atoms with Crippen molar-refractivity contribution < 1.29 is 9.53 Å². The van der Waals surface area contributed by atoms with Gasteiger partial charge in [0.05, 0.1) is 22.3 Å². The van der Waals surface area contributed by atoms with E-state index in [0.717, 1.165) is 18.5 Å². The van der Waals surface area contributed by atoms with E-state index in [4.69, 9.17) is 39.5 Å². The third-order valence-corrected chi connectivity index (χ3v) is 3.73. The third kappa shape index (κ3) is 5.03. The molecule has 1 aromatic heterocycles. The molecule has 0 aliphatic rings. The molecule has 1 heterocycles. The molecule has 0 atom stereocenters. The fraction of sp³-hybridized carbons (Fsp3) is 0.333. The van der Waals surface area contributed by atoms with Gasteiger partial charge in [-0.3, -0.25) is 4.79 Å². The van der Waals surface area contributed by atoms with E-state index in [0.29, 0.717) is 20.8 Å². The van der Waals surface area contributed by atoms with Crippen LogP contribution in [0.4, 0.5) is 0 Å². The molecule has 0 spiro atoms. The molecule has 23 heavy (non-hydrogen) atoms. The van der Waals surface area contributed by atoms with Crippen molar-refractivity contribution in [2.75, 3.05) is 13.2 Å². The summed E-state index contributed by atoms with van der Waals surface area (Å²) in [7, 11) is 0. The SMILES string of the molecule is CCCc1c[nH]c(C(=O)NCCOc2c(Cl)cc(Cl)cc2Cl)n1. The third-order valence-electron chi connectivity index (χ3n) is 2.95. The van der Waals surface area contributed by atoms with Crippen molar-refractivity contribution in [1.82, 2.24) is 15.3 Å². The summed E-state index contributed by atoms with van der Waals surface area (Å²) in [4.78, 5) is 19.0. The molecule has 0 radical (unpaired) electrons. The van der Waals surface area contributed by atoms with Gasteiger partial charge in [0.25, 0.3) is 5.91 Å². The van der Waals surface area contributed by atoms with E-state index < -0.39 is 0 Å². The molecule has 0 saturated heterocycles. The highest BCUT2D eigenvalue weighted by Crippen LogP contribution is 2.35. The lowest BCUT2D eigenvalue weighted by molar-refractivity contribution is 0.0937. The smallest absolute Gasteiger partial charge is 0.287 e. The lowest BCUT2D eigenvalue weighted by Gasteiger charge is -2.10. The van der Waals surface area contributed by atoms with Gasteiger partial charge in [0, 0.05) is 11.2 Å². The monoisotopic (exact) mass is 375 g/mol. The van der Waals surface area contributed by atoms with Crippen molar-refractivity contribution in [2.45, 2.75) is 19.8 Å². The van der Waals surface area contributed by atoms with Gasteiger partial charge in [-0.25, -0.2) is 4.98 Å². The van der Waals surface area contributed by atoms with Crippen molar-refractivity contribution in [3.05, 3.63) is 44.9 Å². The van der Waals surface area contributed by atoms with Crippen LogP contribution in [0.5, 0.6) is 5.75 Å². The number of amides is 1. The summed E-state index contributed by atoms with van der Waals surface area (Å²) >= 11 is 17.8. The normalized spacial score (nSPS) is 10.6. The van der Waals surface area contributed by atoms with E-state index in [2.05, 4.69) is 22.2 Å². The fourth-order valence-corrected chi connectivity index (χ4v) is 2.85. The van der Waals surface area contributed by atoms with Gasteiger partial charge in [-0.15, -0.1) is 0 Å². The van der Waals surface area contributed by atoms with Crippen LogP contribution in [0, 0.1) is 0 Å². The highest BCUT2D eigenvalue weighted by molar-refractivity contribution is 6.40. The number of aromatic amines is 1. The van der Waals surface area contributed by atoms with E-state index >= 15 is 0 Å². The molecular formula is C15H16Cl3N3O2. The van der Waals surface area contributed by atoms with E-state index in [1.165, 1.54) is 0 Å². The molecule has 2 N–H and O–H groups in total. The molecule has 2 rings (SSSR count). The lowest BCUT2D eigenvalue weighted by atomic mass is 10.3. The highest BCUT2D eigenvalue weighted by Gasteiger charge is 2.11. The number of H-pyrrole nitrogens is 1. The summed E-state index contributed by atoms with van der Waals surface area (Å²) in [5.41, 5.74) is 0.869. The molecule has 8 heteroatoms. The molecule has 2 aromatic rings. The van der Waals surface area contributed by atoms with Crippen molar-refractivity contribution in [1.29, 1.82) is 0 Å². The number of aryl methyl sites for hydroxylation is 1. The van der Waals surface area contributed by atoms with Gasteiger partial charge in [-0.05, 0) is 18.6 Å². The zero-order valence-corrected chi connectivity index (χ0v) is 14.7. The molecule has 124 valence electrons. The first-order valence-electron chi connectivity index (χ1n) is 7.11. The molecule has 0 aliphatic carbocycles. The molecule has 0 unspecified atom stereocenters. The Morgan fingerprint density at radius 1 is 1.30 bits per heavy atom. The van der Waals surface area contributed by atoms with Crippen molar-refractivity contribution in [2.24, 2.45) is 0 Å². The first-order valence-corrected chi connectivity index (χ1v) is 8.24. The fourth-order valence-electron chi connectivity index (χ4n) is 1.93. The Morgan fingerprint density at radius 3 is 2.65 bits per heavy atom. The Balaban J connectivity index is 1.82. The maximum Gasteiger partial charge on any atom is 0.287 e. The van der Waals surface area contributed by atoms with Gasteiger partial charge in [-0.2, -0.15) is 0 Å². The van der Waals surface area contributed by atoms with Crippen molar-refractivity contribution in [3.8, 4) is 5.75 Å². The number of ether oxygens (including phenoxy) is 1. The Morgan fingerprint density at radius 2 is 2.00 bits per heavy atom. The Kier molecular flexibility index (Phi) is 6.57. The van der Waals surface area contributed by atoms with Crippen LogP contribution in [0.2, 0.25) is 15.1 Å². The Labute approximate surface area is 149 Å². The minimum Gasteiger partial charge on any atom is -0.489 e. The summed E-state index contributed by atoms with van der Waals surface area (Å²) in [5, 5.41) is 3.78. The summed E-state index contributed by atoms with van der Waals surface area (Å²) in [6.45, 7) is 2.56. The summed E-state index contributed by atoms with van der Waals surface area (Å²) in [6, 6.07) is 3.09. The second kappa shape index (κ2) is 8.43.